The van der Waals surface area contributed by atoms with E-state index in [-0.39, 0.29) is 67.4 Å². The molecule has 6 heterocycles. The summed E-state index contributed by atoms with van der Waals surface area (Å²) in [5.41, 5.74) is 3.14. The number of hydrogen-bond donors (Lipinski definition) is 3. The predicted molar refractivity (Wildman–Crippen MR) is 288 cm³/mol. The van der Waals surface area contributed by atoms with E-state index in [1.54, 1.807) is 36.4 Å². The van der Waals surface area contributed by atoms with Crippen LogP contribution in [0.4, 0.5) is 35.2 Å². The molecule has 0 aliphatic carbocycles. The number of benzene rings is 4. The zero-order chi connectivity index (χ0) is 54.8. The van der Waals surface area contributed by atoms with Gasteiger partial charge in [-0.3, -0.25) is 24.5 Å². The summed E-state index contributed by atoms with van der Waals surface area (Å²) in [5.74, 6) is -1.24. The summed E-state index contributed by atoms with van der Waals surface area (Å²) in [4.78, 5) is 88.8. The third-order valence-corrected chi connectivity index (χ3v) is 15.4. The molecule has 1 aromatic heterocycles. The summed E-state index contributed by atoms with van der Waals surface area (Å²) in [6.07, 6.45) is 0.372. The lowest BCUT2D eigenvalue weighted by molar-refractivity contribution is -0.138. The number of alkyl halides is 3. The van der Waals surface area contributed by atoms with Gasteiger partial charge in [-0.2, -0.15) is 23.1 Å². The van der Waals surface area contributed by atoms with Crippen molar-refractivity contribution in [2.45, 2.75) is 82.5 Å². The number of carbonyl (C=O) groups excluding carboxylic acids is 5. The monoisotopic (exact) mass is 1090 g/mol. The van der Waals surface area contributed by atoms with Gasteiger partial charge in [0.15, 0.2) is 0 Å². The normalized spacial score (nSPS) is 19.8. The van der Waals surface area contributed by atoms with Crippen LogP contribution in [0.1, 0.15) is 70.4 Å². The molecule has 0 bridgehead atoms. The lowest BCUT2D eigenvalue weighted by Gasteiger charge is -2.43. The fourth-order valence-electron chi connectivity index (χ4n) is 11.0. The number of aliphatic imine (C=N–C) groups is 1. The highest BCUT2D eigenvalue weighted by Gasteiger charge is 2.40. The maximum absolute atomic E-state index is 14.3. The summed E-state index contributed by atoms with van der Waals surface area (Å²) in [7, 11) is 3.74. The van der Waals surface area contributed by atoms with Gasteiger partial charge >= 0.3 is 18.2 Å². The van der Waals surface area contributed by atoms with E-state index in [0.717, 1.165) is 65.1 Å². The number of amides is 6. The minimum Gasteiger partial charge on any atom is -0.489 e. The fraction of sp³-hybridized carbons (Fsp3) is 0.393. The van der Waals surface area contributed by atoms with Crippen LogP contribution in [0.3, 0.4) is 0 Å². The van der Waals surface area contributed by atoms with Gasteiger partial charge in [0.25, 0.3) is 11.8 Å². The minimum atomic E-state index is -4.82. The van der Waals surface area contributed by atoms with E-state index in [0.29, 0.717) is 67.3 Å². The van der Waals surface area contributed by atoms with Crippen LogP contribution in [-0.2, 0) is 46.6 Å². The van der Waals surface area contributed by atoms with Crippen LogP contribution in [-0.4, -0.2) is 139 Å². The van der Waals surface area contributed by atoms with Crippen LogP contribution >= 0.6 is 11.6 Å². The van der Waals surface area contributed by atoms with Crippen molar-refractivity contribution in [2.24, 2.45) is 4.99 Å². The first-order valence-corrected chi connectivity index (χ1v) is 26.3. The summed E-state index contributed by atoms with van der Waals surface area (Å²) >= 11 is 6.79. The average molecular weight is 1090 g/mol. The molecule has 78 heavy (non-hydrogen) atoms. The second-order valence-electron chi connectivity index (χ2n) is 20.2. The molecule has 22 heteroatoms. The zero-order valence-corrected chi connectivity index (χ0v) is 44.0. The van der Waals surface area contributed by atoms with Crippen LogP contribution in [0, 0.1) is 0 Å². The standard InChI is InChI=1S/C56H59ClF3N11O7/c1-33(31-77-41-25-37(56(58,59)60)24-38(26-41)63-54(76)62-27-34-12-13-42-36(23-34)28-71(53(42)75)47-14-15-48(72)65-51(47)73)52(74)70-22-21-69(29-39(70)16-18-61-2)50-43-17-20-68(46-11-5-8-35-7-4-10-44(57)49(35)46)30-45(43)64-55(66-50)78-32-40-9-6-19-67(40)3/h4-5,7-8,10-13,18,23-26,39-40,47H,1,6,9,14-17,19-22,27-32H2,2-3H3,(H2,62,63,76)(H,65,72,73)/t39-,40-,47?/m0/s1. The number of piperazine rings is 1. The quantitative estimate of drug-likeness (QED) is 0.0545. The van der Waals surface area contributed by atoms with Crippen LogP contribution in [0.5, 0.6) is 11.8 Å². The zero-order valence-electron chi connectivity index (χ0n) is 43.2. The van der Waals surface area contributed by atoms with Gasteiger partial charge in [0.1, 0.15) is 30.8 Å². The van der Waals surface area contributed by atoms with Crippen molar-refractivity contribution in [3.8, 4) is 11.8 Å². The van der Waals surface area contributed by atoms with Gasteiger partial charge in [-0.25, -0.2) is 4.79 Å². The fourth-order valence-corrected chi connectivity index (χ4v) is 11.3. The highest BCUT2D eigenvalue weighted by Crippen LogP contribution is 2.39. The SMILES string of the molecule is C=C(COc1cc(NC(=O)NCc2ccc3c(c2)CN(C2CCC(=O)NC2=O)C3=O)cc(C(F)(F)F)c1)C(=O)N1CCN(c2nc(OC[C@@H]3CCCN3C)nc3c2CCN(c2cccc4cccc(Cl)c24)C3)C[C@@H]1CC=NC. The smallest absolute Gasteiger partial charge is 0.416 e. The molecule has 5 aliphatic rings. The number of nitrogens with zero attached hydrogens (tertiary/aromatic N) is 8. The van der Waals surface area contributed by atoms with Crippen LogP contribution in [0.25, 0.3) is 10.8 Å². The van der Waals surface area contributed by atoms with E-state index in [2.05, 4.69) is 55.3 Å². The second-order valence-corrected chi connectivity index (χ2v) is 20.6. The van der Waals surface area contributed by atoms with Gasteiger partial charge in [0.05, 0.1) is 28.9 Å². The number of hydrogen-bond acceptors (Lipinski definition) is 13. The number of imide groups is 1. The number of carbonyl (C=O) groups is 5. The van der Waals surface area contributed by atoms with Crippen molar-refractivity contribution in [1.29, 1.82) is 0 Å². The largest absolute Gasteiger partial charge is 0.489 e. The van der Waals surface area contributed by atoms with Gasteiger partial charge < -0.3 is 49.6 Å². The highest BCUT2D eigenvalue weighted by atomic mass is 35.5. The maximum atomic E-state index is 14.3. The number of halogens is 4. The molecular formula is C56H59ClF3N11O7. The molecule has 10 rings (SSSR count). The molecule has 1 unspecified atom stereocenters. The summed E-state index contributed by atoms with van der Waals surface area (Å²) in [5, 5.41) is 10.0. The first-order chi connectivity index (χ1) is 37.5. The van der Waals surface area contributed by atoms with Gasteiger partial charge in [-0.1, -0.05) is 54.6 Å². The van der Waals surface area contributed by atoms with E-state index >= 15 is 0 Å². The molecule has 0 spiro atoms. The van der Waals surface area contributed by atoms with Crippen molar-refractivity contribution < 1.29 is 46.6 Å². The summed E-state index contributed by atoms with van der Waals surface area (Å²) in [6, 6.07) is 18.2. The van der Waals surface area contributed by atoms with Gasteiger partial charge in [0.2, 0.25) is 11.8 Å². The number of nitrogens with one attached hydrogen (secondary N) is 3. The molecule has 6 amide bonds. The van der Waals surface area contributed by atoms with E-state index < -0.39 is 54.2 Å². The number of likely N-dealkylation sites (N-methyl/N-ethyl adjacent to an activating group) is 1. The Morgan fingerprint density at radius 2 is 1.76 bits per heavy atom. The Labute approximate surface area is 453 Å². The highest BCUT2D eigenvalue weighted by molar-refractivity contribution is 6.36. The Balaban J connectivity index is 0.801. The number of anilines is 3. The number of fused-ring (bicyclic) bond motifs is 3. The number of rotatable bonds is 15. The molecule has 5 aliphatic heterocycles. The van der Waals surface area contributed by atoms with Gasteiger partial charge in [-0.15, -0.1) is 0 Å². The van der Waals surface area contributed by atoms with Crippen LogP contribution < -0.4 is 35.2 Å². The summed E-state index contributed by atoms with van der Waals surface area (Å²) < 4.78 is 55.0. The van der Waals surface area contributed by atoms with E-state index in [1.165, 1.54) is 11.0 Å². The first kappa shape index (κ1) is 53.6. The Morgan fingerprint density at radius 1 is 0.936 bits per heavy atom. The Hall–Kier alpha value is -7.78. The molecule has 18 nitrogen and oxygen atoms in total. The molecule has 4 aromatic carbocycles. The average Bonchev–Trinajstić information content (AvgIpc) is 4.05. The van der Waals surface area contributed by atoms with Crippen molar-refractivity contribution in [1.82, 2.24) is 35.3 Å². The molecule has 0 radical (unpaired) electrons. The first-order valence-electron chi connectivity index (χ1n) is 26.0. The minimum absolute atomic E-state index is 0.00318. The van der Waals surface area contributed by atoms with E-state index in [4.69, 9.17) is 31.0 Å². The molecule has 3 saturated heterocycles. The molecule has 5 aromatic rings. The molecule has 3 N–H and O–H groups in total. The second kappa shape index (κ2) is 22.7. The van der Waals surface area contributed by atoms with Crippen molar-refractivity contribution in [3.05, 3.63) is 123 Å². The maximum Gasteiger partial charge on any atom is 0.416 e. The topological polar surface area (TPSA) is 194 Å². The molecule has 408 valence electrons. The number of likely N-dealkylation sites (tertiary alicyclic amines) is 1. The van der Waals surface area contributed by atoms with E-state index in [9.17, 15) is 37.1 Å². The third kappa shape index (κ3) is 11.6. The number of urea groups is 1. The molecular weight excluding hydrogens is 1030 g/mol. The lowest BCUT2D eigenvalue weighted by Crippen LogP contribution is -2.56. The van der Waals surface area contributed by atoms with Gasteiger partial charge in [-0.05, 0) is 86.1 Å². The predicted octanol–water partition coefficient (Wildman–Crippen LogP) is 7.16. The Bertz CT molecular complexity index is 3230. The van der Waals surface area contributed by atoms with Crippen LogP contribution in [0.15, 0.2) is 89.9 Å². The van der Waals surface area contributed by atoms with Crippen molar-refractivity contribution in [2.75, 3.05) is 75.1 Å². The number of ether oxygens (including phenoxy) is 2. The molecule has 0 saturated carbocycles. The number of aromatic nitrogens is 2. The van der Waals surface area contributed by atoms with Crippen molar-refractivity contribution in [3.63, 3.8) is 0 Å². The third-order valence-electron chi connectivity index (χ3n) is 15.1. The van der Waals surface area contributed by atoms with Gasteiger partial charge in [0, 0.05) is 111 Å². The lowest BCUT2D eigenvalue weighted by atomic mass is 10.0. The molecule has 3 atom stereocenters. The summed E-state index contributed by atoms with van der Waals surface area (Å²) in [6.45, 7) is 7.28. The Kier molecular flexibility index (Phi) is 15.6. The van der Waals surface area contributed by atoms with E-state index in [1.807, 2.05) is 30.3 Å². The van der Waals surface area contributed by atoms with Crippen molar-refractivity contribution >= 4 is 75.4 Å². The number of piperidine rings is 1. The van der Waals surface area contributed by atoms with Crippen LogP contribution in [0.2, 0.25) is 5.02 Å². The Morgan fingerprint density at radius 3 is 2.53 bits per heavy atom. The molecule has 3 fully saturated rings.